The number of carbonyl (C=O) groups is 2. The van der Waals surface area contributed by atoms with Crippen molar-refractivity contribution in [2.45, 2.75) is 33.6 Å². The third-order valence-electron chi connectivity index (χ3n) is 6.10. The first kappa shape index (κ1) is 27.0. The van der Waals surface area contributed by atoms with Crippen LogP contribution < -0.4 is 0 Å². The monoisotopic (exact) mass is 556 g/mol. The van der Waals surface area contributed by atoms with E-state index < -0.39 is 23.8 Å². The van der Waals surface area contributed by atoms with Crippen LogP contribution in [0.3, 0.4) is 0 Å². The highest BCUT2D eigenvalue weighted by atomic mass is 35.5. The van der Waals surface area contributed by atoms with Gasteiger partial charge in [0.25, 0.3) is 0 Å². The van der Waals surface area contributed by atoms with Crippen molar-refractivity contribution < 1.29 is 19.1 Å². The van der Waals surface area contributed by atoms with E-state index in [-0.39, 0.29) is 13.2 Å². The van der Waals surface area contributed by atoms with Gasteiger partial charge in [0.2, 0.25) is 0 Å². The van der Waals surface area contributed by atoms with Crippen molar-refractivity contribution in [1.29, 1.82) is 0 Å². The van der Waals surface area contributed by atoms with Crippen LogP contribution in [0, 0.1) is 5.92 Å². The third-order valence-corrected chi connectivity index (χ3v) is 7.53. The van der Waals surface area contributed by atoms with E-state index in [0.29, 0.717) is 32.7 Å². The lowest BCUT2D eigenvalue weighted by molar-refractivity contribution is -0.146. The van der Waals surface area contributed by atoms with Gasteiger partial charge < -0.3 is 9.47 Å². The highest BCUT2D eigenvalue weighted by Crippen LogP contribution is 2.45. The van der Waals surface area contributed by atoms with Crippen LogP contribution in [0.25, 0.3) is 21.8 Å². The van der Waals surface area contributed by atoms with Crippen LogP contribution in [0.1, 0.15) is 39.2 Å². The second-order valence-corrected chi connectivity index (χ2v) is 10.1. The van der Waals surface area contributed by atoms with Crippen LogP contribution in [-0.2, 0) is 19.1 Å². The molecular formula is C28H26Cl2N2O4S. The molecule has 0 radical (unpaired) electrons. The minimum atomic E-state index is -0.783. The number of hydrogen-bond acceptors (Lipinski definition) is 7. The van der Waals surface area contributed by atoms with Gasteiger partial charge in [-0.1, -0.05) is 47.5 Å². The minimum absolute atomic E-state index is 0.203. The summed E-state index contributed by atoms with van der Waals surface area (Å²) in [6.07, 6.45) is 0. The molecule has 192 valence electrons. The van der Waals surface area contributed by atoms with Crippen molar-refractivity contribution in [3.63, 3.8) is 0 Å². The normalized spacial score (nSPS) is 17.4. The molecule has 2 aromatic carbocycles. The van der Waals surface area contributed by atoms with Gasteiger partial charge >= 0.3 is 11.9 Å². The Kier molecular flexibility index (Phi) is 8.47. The molecule has 0 N–H and O–H groups in total. The van der Waals surface area contributed by atoms with Gasteiger partial charge in [-0.25, -0.2) is 9.78 Å². The molecule has 2 atom stereocenters. The molecule has 37 heavy (non-hydrogen) atoms. The molecule has 0 spiro atoms. The van der Waals surface area contributed by atoms with E-state index in [1.165, 1.54) is 11.3 Å². The number of hydrogen-bond donors (Lipinski definition) is 0. The van der Waals surface area contributed by atoms with E-state index >= 15 is 0 Å². The highest BCUT2D eigenvalue weighted by Gasteiger charge is 2.43. The Hall–Kier alpha value is -3.00. The van der Waals surface area contributed by atoms with Gasteiger partial charge in [0, 0.05) is 38.9 Å². The fraction of sp³-hybridized carbons (Fsp3) is 0.286. The SMILES string of the molecule is CCOC(=O)C1=C(C)N=C(C)C(C(=O)OCC)C1c1ccccc1-c1nc(-c2ccc(Cl)cc2Cl)cs1. The summed E-state index contributed by atoms with van der Waals surface area (Å²) in [7, 11) is 0. The summed E-state index contributed by atoms with van der Waals surface area (Å²) >= 11 is 13.9. The molecule has 0 amide bonds. The summed E-state index contributed by atoms with van der Waals surface area (Å²) in [6.45, 7) is 7.46. The van der Waals surface area contributed by atoms with Gasteiger partial charge in [-0.15, -0.1) is 11.3 Å². The van der Waals surface area contributed by atoms with Gasteiger partial charge in [-0.3, -0.25) is 9.79 Å². The van der Waals surface area contributed by atoms with Crippen LogP contribution in [0.4, 0.5) is 0 Å². The predicted octanol–water partition coefficient (Wildman–Crippen LogP) is 7.36. The molecule has 1 aromatic heterocycles. The lowest BCUT2D eigenvalue weighted by Gasteiger charge is -2.32. The number of ether oxygens (including phenoxy) is 2. The van der Waals surface area contributed by atoms with Gasteiger partial charge in [0.1, 0.15) is 10.9 Å². The minimum Gasteiger partial charge on any atom is -0.465 e. The van der Waals surface area contributed by atoms with Gasteiger partial charge in [0.15, 0.2) is 0 Å². The standard InChI is InChI=1S/C28H26Cl2N2O4S/c1-5-35-27(33)23-15(3)31-16(4)24(28(34)36-6-2)25(23)18-9-7-8-10-19(18)26-32-22(14-37-26)20-12-11-17(29)13-21(20)30/h7-14,23,25H,5-6H2,1-4H3. The molecule has 6 nitrogen and oxygen atoms in total. The lowest BCUT2D eigenvalue weighted by Crippen LogP contribution is -2.36. The van der Waals surface area contributed by atoms with Crippen LogP contribution in [-0.4, -0.2) is 35.8 Å². The number of halogens is 2. The first-order chi connectivity index (χ1) is 17.8. The topological polar surface area (TPSA) is 77.8 Å². The van der Waals surface area contributed by atoms with E-state index in [1.54, 1.807) is 39.8 Å². The maximum absolute atomic E-state index is 13.2. The summed E-state index contributed by atoms with van der Waals surface area (Å²) < 4.78 is 10.8. The van der Waals surface area contributed by atoms with Crippen molar-refractivity contribution in [2.24, 2.45) is 10.9 Å². The largest absolute Gasteiger partial charge is 0.465 e. The quantitative estimate of drug-likeness (QED) is 0.284. The third kappa shape index (κ3) is 5.49. The van der Waals surface area contributed by atoms with Gasteiger partial charge in [-0.2, -0.15) is 0 Å². The van der Waals surface area contributed by atoms with E-state index in [0.717, 1.165) is 21.7 Å². The molecule has 2 heterocycles. The molecule has 1 aliphatic heterocycles. The summed E-state index contributed by atoms with van der Waals surface area (Å²) in [4.78, 5) is 35.8. The molecule has 1 aliphatic rings. The van der Waals surface area contributed by atoms with Crippen LogP contribution in [0.5, 0.6) is 0 Å². The summed E-state index contributed by atoms with van der Waals surface area (Å²) in [5.41, 5.74) is 4.47. The molecule has 0 bridgehead atoms. The first-order valence-electron chi connectivity index (χ1n) is 11.9. The molecule has 3 aromatic rings. The molecule has 4 rings (SSSR count). The number of thiazole rings is 1. The average Bonchev–Trinajstić information content (AvgIpc) is 3.33. The number of carbonyl (C=O) groups excluding carboxylic acids is 2. The van der Waals surface area contributed by atoms with Crippen LogP contribution in [0.15, 0.2) is 64.1 Å². The van der Waals surface area contributed by atoms with E-state index in [2.05, 4.69) is 4.99 Å². The fourth-order valence-electron chi connectivity index (χ4n) is 4.57. The maximum atomic E-state index is 13.2. The number of allylic oxidation sites excluding steroid dienone is 1. The van der Waals surface area contributed by atoms with Gasteiger partial charge in [-0.05, 0) is 51.5 Å². The molecule has 0 fully saturated rings. The molecule has 0 aliphatic carbocycles. The summed E-state index contributed by atoms with van der Waals surface area (Å²) in [6, 6.07) is 12.9. The van der Waals surface area contributed by atoms with E-state index in [1.807, 2.05) is 35.7 Å². The van der Waals surface area contributed by atoms with Crippen molar-refractivity contribution in [3.8, 4) is 21.8 Å². The summed E-state index contributed by atoms with van der Waals surface area (Å²) in [5.74, 6) is -2.38. The molecule has 2 unspecified atom stereocenters. The van der Waals surface area contributed by atoms with Crippen LogP contribution >= 0.6 is 34.5 Å². The van der Waals surface area contributed by atoms with Crippen molar-refractivity contribution in [3.05, 3.63) is 74.7 Å². The molecule has 0 saturated heterocycles. The number of nitrogens with zero attached hydrogens (tertiary/aromatic N) is 2. The number of esters is 2. The number of aliphatic imine (C=N–C) groups is 1. The van der Waals surface area contributed by atoms with E-state index in [4.69, 9.17) is 37.7 Å². The molecule has 9 heteroatoms. The van der Waals surface area contributed by atoms with Crippen molar-refractivity contribution in [2.75, 3.05) is 13.2 Å². The van der Waals surface area contributed by atoms with Crippen molar-refractivity contribution in [1.82, 2.24) is 4.98 Å². The number of aromatic nitrogens is 1. The fourth-order valence-corrected chi connectivity index (χ4v) is 5.94. The van der Waals surface area contributed by atoms with Crippen LogP contribution in [0.2, 0.25) is 10.0 Å². The highest BCUT2D eigenvalue weighted by molar-refractivity contribution is 7.13. The Morgan fingerprint density at radius 2 is 1.73 bits per heavy atom. The zero-order valence-electron chi connectivity index (χ0n) is 20.9. The van der Waals surface area contributed by atoms with E-state index in [9.17, 15) is 9.59 Å². The lowest BCUT2D eigenvalue weighted by atomic mass is 9.74. The smallest absolute Gasteiger partial charge is 0.336 e. The molecular weight excluding hydrogens is 531 g/mol. The van der Waals surface area contributed by atoms with Gasteiger partial charge in [0.05, 0.1) is 29.5 Å². The Labute approximate surface area is 230 Å². The average molecular weight is 557 g/mol. The second kappa shape index (κ2) is 11.6. The zero-order chi connectivity index (χ0) is 26.7. The number of benzene rings is 2. The zero-order valence-corrected chi connectivity index (χ0v) is 23.2. The van der Waals surface area contributed by atoms with Crippen molar-refractivity contribution >= 4 is 52.2 Å². The number of rotatable bonds is 7. The predicted molar refractivity (Wildman–Crippen MR) is 148 cm³/mol. The summed E-state index contributed by atoms with van der Waals surface area (Å²) in [5, 5.41) is 3.69. The second-order valence-electron chi connectivity index (χ2n) is 8.43. The molecule has 0 saturated carbocycles. The first-order valence-corrected chi connectivity index (χ1v) is 13.5. The Balaban J connectivity index is 1.88. The Bertz CT molecular complexity index is 1410. The maximum Gasteiger partial charge on any atom is 0.336 e. The Morgan fingerprint density at radius 3 is 2.43 bits per heavy atom. The Morgan fingerprint density at radius 1 is 1.00 bits per heavy atom.